The van der Waals surface area contributed by atoms with Crippen molar-refractivity contribution in [2.24, 2.45) is 0 Å². The van der Waals surface area contributed by atoms with Crippen molar-refractivity contribution in [3.8, 4) is 11.6 Å². The van der Waals surface area contributed by atoms with Gasteiger partial charge in [0.2, 0.25) is 10.0 Å². The second-order valence-electron chi connectivity index (χ2n) is 9.61. The number of methoxy groups -OCH3 is 1. The number of rotatable bonds is 7. The first-order valence-electron chi connectivity index (χ1n) is 12.4. The minimum absolute atomic E-state index is 0.238. The zero-order chi connectivity index (χ0) is 27.9. The fourth-order valence-corrected chi connectivity index (χ4v) is 6.01. The molecule has 202 valence electrons. The second kappa shape index (κ2) is 10.3. The monoisotopic (exact) mass is 562 g/mol. The maximum Gasteiger partial charge on any atom is 0.229 e. The van der Waals surface area contributed by atoms with E-state index in [9.17, 15) is 8.42 Å². The number of nitrogens with zero attached hydrogens (tertiary/aromatic N) is 4. The Balaban J connectivity index is 1.66. The molecule has 4 heterocycles. The van der Waals surface area contributed by atoms with E-state index in [-0.39, 0.29) is 12.1 Å². The van der Waals surface area contributed by atoms with Gasteiger partial charge in [-0.05, 0) is 80.5 Å². The largest absolute Gasteiger partial charge is 0.494 e. The molecule has 1 aliphatic rings. The summed E-state index contributed by atoms with van der Waals surface area (Å²) in [5.41, 5.74) is 6.20. The van der Waals surface area contributed by atoms with Crippen LogP contribution in [-0.2, 0) is 10.0 Å². The quantitative estimate of drug-likeness (QED) is 0.311. The summed E-state index contributed by atoms with van der Waals surface area (Å²) >= 11 is 5.88. The first-order chi connectivity index (χ1) is 18.6. The highest BCUT2D eigenvalue weighted by atomic mass is 32.2. The topological polar surface area (TPSA) is 101 Å². The second-order valence-corrected chi connectivity index (χ2v) is 11.7. The van der Waals surface area contributed by atoms with Gasteiger partial charge in [0.15, 0.2) is 5.11 Å². The van der Waals surface area contributed by atoms with E-state index >= 15 is 0 Å². The maximum atomic E-state index is 11.9. The Labute approximate surface area is 233 Å². The Hall–Kier alpha value is -3.96. The van der Waals surface area contributed by atoms with Gasteiger partial charge in [-0.15, -0.1) is 0 Å². The molecule has 0 amide bonds. The van der Waals surface area contributed by atoms with Crippen molar-refractivity contribution < 1.29 is 13.2 Å². The molecule has 2 N–H and O–H groups in total. The number of hydrogen-bond donors (Lipinski definition) is 2. The predicted octanol–water partition coefficient (Wildman–Crippen LogP) is 4.75. The summed E-state index contributed by atoms with van der Waals surface area (Å²) in [6.07, 6.45) is 4.74. The minimum atomic E-state index is -3.49. The third-order valence-electron chi connectivity index (χ3n) is 6.77. The zero-order valence-electron chi connectivity index (χ0n) is 22.3. The standard InChI is InChI=1S/C28H30N6O3S2/c1-17-9-12-25(30-16-17)33-18(2)14-21(19(33)3)27-26(23-8-6-7-13-29-23)31-28(38)34(27)20-10-11-22(24(15-20)37-4)32-39(5,35)36/h6-16,26-27,32H,1-5H3,(H,31,38)/t26-,27-/m1/s1. The van der Waals surface area contributed by atoms with Crippen LogP contribution >= 0.6 is 12.2 Å². The molecule has 1 aliphatic heterocycles. The van der Waals surface area contributed by atoms with E-state index in [0.29, 0.717) is 16.5 Å². The van der Waals surface area contributed by atoms with Crippen LogP contribution in [0, 0.1) is 20.8 Å². The number of thiocarbonyl (C=S) groups is 1. The third kappa shape index (κ3) is 5.19. The van der Waals surface area contributed by atoms with Gasteiger partial charge in [-0.2, -0.15) is 0 Å². The lowest BCUT2D eigenvalue weighted by atomic mass is 9.96. The molecular weight excluding hydrogens is 532 g/mol. The molecule has 1 aromatic carbocycles. The van der Waals surface area contributed by atoms with Crippen LogP contribution in [0.3, 0.4) is 0 Å². The number of sulfonamides is 1. The fraction of sp³-hybridized carbons (Fsp3) is 0.250. The lowest BCUT2D eigenvalue weighted by Crippen LogP contribution is -2.29. The molecule has 0 aliphatic carbocycles. The Bertz CT molecular complexity index is 1640. The molecular formula is C28H30N6O3S2. The van der Waals surface area contributed by atoms with Crippen molar-refractivity contribution in [1.29, 1.82) is 0 Å². The van der Waals surface area contributed by atoms with Gasteiger partial charge in [0.25, 0.3) is 0 Å². The molecule has 1 fully saturated rings. The van der Waals surface area contributed by atoms with Gasteiger partial charge in [0.05, 0.1) is 36.8 Å². The summed E-state index contributed by atoms with van der Waals surface area (Å²) in [4.78, 5) is 11.3. The lowest BCUT2D eigenvalue weighted by Gasteiger charge is -2.28. The van der Waals surface area contributed by atoms with Crippen LogP contribution in [0.15, 0.2) is 67.0 Å². The van der Waals surface area contributed by atoms with Crippen LogP contribution in [0.5, 0.6) is 5.75 Å². The number of anilines is 2. The van der Waals surface area contributed by atoms with Crippen molar-refractivity contribution >= 4 is 38.7 Å². The smallest absolute Gasteiger partial charge is 0.229 e. The average molecular weight is 563 g/mol. The lowest BCUT2D eigenvalue weighted by molar-refractivity contribution is 0.417. The van der Waals surface area contributed by atoms with E-state index < -0.39 is 10.0 Å². The van der Waals surface area contributed by atoms with E-state index in [2.05, 4.69) is 50.6 Å². The Morgan fingerprint density at radius 2 is 1.85 bits per heavy atom. The third-order valence-corrected chi connectivity index (χ3v) is 7.68. The molecule has 5 rings (SSSR count). The van der Waals surface area contributed by atoms with Gasteiger partial charge in [-0.25, -0.2) is 13.4 Å². The van der Waals surface area contributed by atoms with E-state index in [4.69, 9.17) is 17.0 Å². The van der Waals surface area contributed by atoms with E-state index in [0.717, 1.165) is 46.0 Å². The van der Waals surface area contributed by atoms with Crippen LogP contribution in [0.1, 0.15) is 40.3 Å². The highest BCUT2D eigenvalue weighted by Crippen LogP contribution is 2.45. The van der Waals surface area contributed by atoms with Gasteiger partial charge < -0.3 is 19.5 Å². The number of ether oxygens (including phenoxy) is 1. The molecule has 3 aromatic heterocycles. The number of hydrogen-bond acceptors (Lipinski definition) is 6. The molecule has 0 bridgehead atoms. The summed E-state index contributed by atoms with van der Waals surface area (Å²) in [6, 6.07) is 16.9. The highest BCUT2D eigenvalue weighted by molar-refractivity contribution is 7.92. The van der Waals surface area contributed by atoms with Crippen molar-refractivity contribution in [2.75, 3.05) is 23.0 Å². The van der Waals surface area contributed by atoms with Crippen LogP contribution < -0.4 is 19.7 Å². The molecule has 1 saturated heterocycles. The van der Waals surface area contributed by atoms with E-state index in [1.165, 1.54) is 7.11 Å². The number of pyridine rings is 2. The van der Waals surface area contributed by atoms with E-state index in [1.54, 1.807) is 18.3 Å². The maximum absolute atomic E-state index is 11.9. The molecule has 9 nitrogen and oxygen atoms in total. The molecule has 0 saturated carbocycles. The summed E-state index contributed by atoms with van der Waals surface area (Å²) in [5, 5.41) is 4.01. The highest BCUT2D eigenvalue weighted by Gasteiger charge is 2.42. The van der Waals surface area contributed by atoms with Gasteiger partial charge in [0.1, 0.15) is 11.6 Å². The Morgan fingerprint density at radius 3 is 2.49 bits per heavy atom. The summed E-state index contributed by atoms with van der Waals surface area (Å²) in [7, 11) is -1.98. The average Bonchev–Trinajstić information content (AvgIpc) is 3.39. The van der Waals surface area contributed by atoms with Gasteiger partial charge >= 0.3 is 0 Å². The molecule has 39 heavy (non-hydrogen) atoms. The zero-order valence-corrected chi connectivity index (χ0v) is 24.0. The molecule has 2 atom stereocenters. The number of benzene rings is 1. The molecule has 11 heteroatoms. The number of aryl methyl sites for hydroxylation is 2. The molecule has 0 radical (unpaired) electrons. The normalized spacial score (nSPS) is 17.3. The van der Waals surface area contributed by atoms with Gasteiger partial charge in [0, 0.05) is 35.5 Å². The number of nitrogens with one attached hydrogen (secondary N) is 2. The Kier molecular flexibility index (Phi) is 7.04. The van der Waals surface area contributed by atoms with Crippen LogP contribution in [0.4, 0.5) is 11.4 Å². The van der Waals surface area contributed by atoms with Crippen molar-refractivity contribution in [2.45, 2.75) is 32.9 Å². The van der Waals surface area contributed by atoms with Crippen molar-refractivity contribution in [1.82, 2.24) is 19.9 Å². The number of aromatic nitrogens is 3. The van der Waals surface area contributed by atoms with Crippen molar-refractivity contribution in [3.63, 3.8) is 0 Å². The van der Waals surface area contributed by atoms with Crippen LogP contribution in [0.2, 0.25) is 0 Å². The van der Waals surface area contributed by atoms with Crippen molar-refractivity contribution in [3.05, 3.63) is 95.2 Å². The summed E-state index contributed by atoms with van der Waals surface area (Å²) in [5.74, 6) is 1.23. The van der Waals surface area contributed by atoms with Crippen LogP contribution in [0.25, 0.3) is 5.82 Å². The SMILES string of the molecule is COc1cc(N2C(=S)N[C@H](c3ccccn3)[C@H]2c2cc(C)n(-c3ccc(C)cn3)c2C)ccc1NS(C)(=O)=O. The molecule has 0 spiro atoms. The summed E-state index contributed by atoms with van der Waals surface area (Å²) in [6.45, 7) is 6.16. The first-order valence-corrected chi connectivity index (χ1v) is 14.7. The first kappa shape index (κ1) is 26.6. The molecule has 4 aromatic rings. The Morgan fingerprint density at radius 1 is 1.05 bits per heavy atom. The summed E-state index contributed by atoms with van der Waals surface area (Å²) < 4.78 is 34.0. The minimum Gasteiger partial charge on any atom is -0.494 e. The predicted molar refractivity (Wildman–Crippen MR) is 157 cm³/mol. The molecule has 0 unspecified atom stereocenters. The van der Waals surface area contributed by atoms with Gasteiger partial charge in [-0.3, -0.25) is 9.71 Å². The van der Waals surface area contributed by atoms with E-state index in [1.807, 2.05) is 48.4 Å². The van der Waals surface area contributed by atoms with Crippen LogP contribution in [-0.4, -0.2) is 41.4 Å². The fourth-order valence-electron chi connectivity index (χ4n) is 5.09. The van der Waals surface area contributed by atoms with Gasteiger partial charge in [-0.1, -0.05) is 12.1 Å².